The number of nitrogens with one attached hydrogen (secondary N) is 2. The summed E-state index contributed by atoms with van der Waals surface area (Å²) < 4.78 is 11.8. The summed E-state index contributed by atoms with van der Waals surface area (Å²) in [6.07, 6.45) is 10.8. The standard InChI is InChI=1S/C22H34N2O2/c1-2-5-18(6-3-1)26-19-11-9-17(10-12-19)15-24-21-8-4-7-20(21)22-16-25-14-13-23-22/h9-12,18,20-24H,1-8,13-16H2. The first kappa shape index (κ1) is 18.3. The summed E-state index contributed by atoms with van der Waals surface area (Å²) in [5, 5.41) is 7.46. The Morgan fingerprint density at radius 3 is 2.62 bits per heavy atom. The van der Waals surface area contributed by atoms with Crippen molar-refractivity contribution in [1.29, 1.82) is 0 Å². The second-order valence-corrected chi connectivity index (χ2v) is 8.24. The summed E-state index contributed by atoms with van der Waals surface area (Å²) in [5.74, 6) is 1.73. The van der Waals surface area contributed by atoms with Gasteiger partial charge in [-0.15, -0.1) is 0 Å². The van der Waals surface area contributed by atoms with E-state index in [4.69, 9.17) is 9.47 Å². The molecule has 0 aromatic heterocycles. The zero-order valence-electron chi connectivity index (χ0n) is 15.9. The second-order valence-electron chi connectivity index (χ2n) is 8.24. The highest BCUT2D eigenvalue weighted by Crippen LogP contribution is 2.30. The minimum Gasteiger partial charge on any atom is -0.490 e. The van der Waals surface area contributed by atoms with Gasteiger partial charge in [-0.25, -0.2) is 0 Å². The highest BCUT2D eigenvalue weighted by atomic mass is 16.5. The molecule has 4 nitrogen and oxygen atoms in total. The molecule has 4 rings (SSSR count). The van der Waals surface area contributed by atoms with Crippen LogP contribution in [0.15, 0.2) is 24.3 Å². The summed E-state index contributed by atoms with van der Waals surface area (Å²) in [4.78, 5) is 0. The lowest BCUT2D eigenvalue weighted by Crippen LogP contribution is -2.50. The van der Waals surface area contributed by atoms with Crippen LogP contribution in [-0.2, 0) is 11.3 Å². The molecule has 0 radical (unpaired) electrons. The molecule has 0 amide bonds. The first-order chi connectivity index (χ1) is 12.9. The topological polar surface area (TPSA) is 42.5 Å². The predicted octanol–water partition coefficient (Wildman–Crippen LogP) is 3.64. The van der Waals surface area contributed by atoms with Crippen molar-refractivity contribution < 1.29 is 9.47 Å². The van der Waals surface area contributed by atoms with Crippen molar-refractivity contribution in [3.8, 4) is 5.75 Å². The maximum atomic E-state index is 6.14. The molecule has 26 heavy (non-hydrogen) atoms. The lowest BCUT2D eigenvalue weighted by atomic mass is 9.94. The van der Waals surface area contributed by atoms with Gasteiger partial charge in [0.1, 0.15) is 5.75 Å². The van der Waals surface area contributed by atoms with E-state index in [1.807, 2.05) is 0 Å². The molecule has 1 saturated heterocycles. The molecule has 2 N–H and O–H groups in total. The van der Waals surface area contributed by atoms with Crippen LogP contribution in [0.2, 0.25) is 0 Å². The van der Waals surface area contributed by atoms with Crippen molar-refractivity contribution in [2.24, 2.45) is 5.92 Å². The fourth-order valence-corrected chi connectivity index (χ4v) is 4.89. The molecule has 3 unspecified atom stereocenters. The van der Waals surface area contributed by atoms with Gasteiger partial charge in [0.05, 0.1) is 19.3 Å². The smallest absolute Gasteiger partial charge is 0.119 e. The monoisotopic (exact) mass is 358 g/mol. The van der Waals surface area contributed by atoms with Crippen LogP contribution in [0.5, 0.6) is 5.75 Å². The zero-order chi connectivity index (χ0) is 17.6. The Balaban J connectivity index is 1.26. The Bertz CT molecular complexity index is 536. The van der Waals surface area contributed by atoms with E-state index >= 15 is 0 Å². The van der Waals surface area contributed by atoms with Gasteiger partial charge in [-0.1, -0.05) is 25.0 Å². The Hall–Kier alpha value is -1.10. The zero-order valence-corrected chi connectivity index (χ0v) is 15.9. The van der Waals surface area contributed by atoms with Crippen LogP contribution in [0.3, 0.4) is 0 Å². The summed E-state index contributed by atoms with van der Waals surface area (Å²) in [6.45, 7) is 3.67. The molecule has 2 saturated carbocycles. The fourth-order valence-electron chi connectivity index (χ4n) is 4.89. The average molecular weight is 359 g/mol. The predicted molar refractivity (Wildman–Crippen MR) is 105 cm³/mol. The molecule has 0 spiro atoms. The third-order valence-corrected chi connectivity index (χ3v) is 6.38. The number of rotatable bonds is 6. The van der Waals surface area contributed by atoms with E-state index in [1.54, 1.807) is 0 Å². The molecule has 3 aliphatic rings. The third kappa shape index (κ3) is 4.79. The minimum atomic E-state index is 0.428. The van der Waals surface area contributed by atoms with E-state index in [-0.39, 0.29) is 0 Å². The average Bonchev–Trinajstić information content (AvgIpc) is 3.18. The lowest BCUT2D eigenvalue weighted by molar-refractivity contribution is 0.0524. The van der Waals surface area contributed by atoms with Crippen LogP contribution in [-0.4, -0.2) is 37.9 Å². The molecule has 1 aromatic rings. The molecule has 2 aliphatic carbocycles. The van der Waals surface area contributed by atoms with Gasteiger partial charge in [-0.2, -0.15) is 0 Å². The molecule has 3 atom stereocenters. The van der Waals surface area contributed by atoms with E-state index in [2.05, 4.69) is 34.9 Å². The van der Waals surface area contributed by atoms with Gasteiger partial charge in [0.25, 0.3) is 0 Å². The quantitative estimate of drug-likeness (QED) is 0.815. The van der Waals surface area contributed by atoms with Crippen molar-refractivity contribution >= 4 is 0 Å². The first-order valence-electron chi connectivity index (χ1n) is 10.7. The normalized spacial score (nSPS) is 30.4. The van der Waals surface area contributed by atoms with Gasteiger partial charge >= 0.3 is 0 Å². The van der Waals surface area contributed by atoms with Crippen LogP contribution >= 0.6 is 0 Å². The van der Waals surface area contributed by atoms with Crippen molar-refractivity contribution in [1.82, 2.24) is 10.6 Å². The third-order valence-electron chi connectivity index (χ3n) is 6.38. The van der Waals surface area contributed by atoms with Crippen molar-refractivity contribution in [3.63, 3.8) is 0 Å². The molecular weight excluding hydrogens is 324 g/mol. The van der Waals surface area contributed by atoms with E-state index in [0.717, 1.165) is 32.1 Å². The number of morpholine rings is 1. The maximum absolute atomic E-state index is 6.14. The number of ether oxygens (including phenoxy) is 2. The summed E-state index contributed by atoms with van der Waals surface area (Å²) in [5.41, 5.74) is 1.35. The van der Waals surface area contributed by atoms with Gasteiger partial charge in [0.15, 0.2) is 0 Å². The van der Waals surface area contributed by atoms with E-state index in [0.29, 0.717) is 24.1 Å². The van der Waals surface area contributed by atoms with Crippen LogP contribution in [0, 0.1) is 5.92 Å². The maximum Gasteiger partial charge on any atom is 0.119 e. The van der Waals surface area contributed by atoms with Gasteiger partial charge in [-0.3, -0.25) is 0 Å². The van der Waals surface area contributed by atoms with Crippen molar-refractivity contribution in [3.05, 3.63) is 29.8 Å². The highest BCUT2D eigenvalue weighted by Gasteiger charge is 2.34. The Kier molecular flexibility index (Phi) is 6.47. The van der Waals surface area contributed by atoms with Crippen LogP contribution < -0.4 is 15.4 Å². The Labute approximate surface area is 158 Å². The number of benzene rings is 1. The van der Waals surface area contributed by atoms with E-state index in [9.17, 15) is 0 Å². The van der Waals surface area contributed by atoms with Gasteiger partial charge < -0.3 is 20.1 Å². The SMILES string of the molecule is c1cc(OC2CCCCC2)ccc1CNC1CCCC1C1COCCN1. The molecule has 3 fully saturated rings. The second kappa shape index (κ2) is 9.20. The largest absolute Gasteiger partial charge is 0.490 e. The van der Waals surface area contributed by atoms with Gasteiger partial charge in [0, 0.05) is 25.2 Å². The van der Waals surface area contributed by atoms with Crippen molar-refractivity contribution in [2.75, 3.05) is 19.8 Å². The van der Waals surface area contributed by atoms with Gasteiger partial charge in [-0.05, 0) is 62.1 Å². The van der Waals surface area contributed by atoms with E-state index in [1.165, 1.54) is 56.9 Å². The molecule has 1 aliphatic heterocycles. The van der Waals surface area contributed by atoms with Crippen LogP contribution in [0.4, 0.5) is 0 Å². The molecule has 144 valence electrons. The Morgan fingerprint density at radius 2 is 1.85 bits per heavy atom. The Morgan fingerprint density at radius 1 is 1.00 bits per heavy atom. The number of hydrogen-bond acceptors (Lipinski definition) is 4. The number of hydrogen-bond donors (Lipinski definition) is 2. The fraction of sp³-hybridized carbons (Fsp3) is 0.727. The summed E-state index contributed by atoms with van der Waals surface area (Å²) in [6, 6.07) is 9.86. The minimum absolute atomic E-state index is 0.428. The van der Waals surface area contributed by atoms with Crippen molar-refractivity contribution in [2.45, 2.75) is 76.1 Å². The lowest BCUT2D eigenvalue weighted by Gasteiger charge is -2.33. The van der Waals surface area contributed by atoms with E-state index < -0.39 is 0 Å². The van der Waals surface area contributed by atoms with Crippen LogP contribution in [0.25, 0.3) is 0 Å². The van der Waals surface area contributed by atoms with Gasteiger partial charge in [0.2, 0.25) is 0 Å². The molecule has 0 bridgehead atoms. The molecule has 1 aromatic carbocycles. The van der Waals surface area contributed by atoms with Crippen LogP contribution in [0.1, 0.15) is 56.9 Å². The summed E-state index contributed by atoms with van der Waals surface area (Å²) >= 11 is 0. The molecule has 1 heterocycles. The molecular formula is C22H34N2O2. The highest BCUT2D eigenvalue weighted by molar-refractivity contribution is 5.27. The summed E-state index contributed by atoms with van der Waals surface area (Å²) in [7, 11) is 0. The first-order valence-corrected chi connectivity index (χ1v) is 10.7. The molecule has 4 heteroatoms.